The number of methoxy groups -OCH3 is 1. The molecule has 16 heavy (non-hydrogen) atoms. The van der Waals surface area contributed by atoms with E-state index in [1.165, 1.54) is 7.11 Å². The molecule has 1 atom stereocenters. The SMILES string of the molecule is COCC(NCc1cn(C)nc1C)C(=O)O. The highest BCUT2D eigenvalue weighted by atomic mass is 16.5. The Labute approximate surface area is 94.2 Å². The van der Waals surface area contributed by atoms with E-state index in [0.29, 0.717) is 6.54 Å². The average molecular weight is 227 g/mol. The van der Waals surface area contributed by atoms with Crippen molar-refractivity contribution in [3.8, 4) is 0 Å². The fraction of sp³-hybridized carbons (Fsp3) is 0.600. The number of aryl methyl sites for hydroxylation is 2. The van der Waals surface area contributed by atoms with E-state index in [0.717, 1.165) is 11.3 Å². The topological polar surface area (TPSA) is 76.4 Å². The van der Waals surface area contributed by atoms with Gasteiger partial charge < -0.3 is 9.84 Å². The number of carboxylic acid groups (broad SMARTS) is 1. The molecule has 0 aliphatic carbocycles. The molecule has 0 fully saturated rings. The van der Waals surface area contributed by atoms with Crippen molar-refractivity contribution in [1.82, 2.24) is 15.1 Å². The highest BCUT2D eigenvalue weighted by Crippen LogP contribution is 2.04. The van der Waals surface area contributed by atoms with E-state index in [4.69, 9.17) is 9.84 Å². The number of rotatable bonds is 6. The van der Waals surface area contributed by atoms with Crippen molar-refractivity contribution in [2.45, 2.75) is 19.5 Å². The van der Waals surface area contributed by atoms with Crippen LogP contribution in [0.3, 0.4) is 0 Å². The highest BCUT2D eigenvalue weighted by molar-refractivity contribution is 5.73. The minimum atomic E-state index is -0.914. The first-order chi connectivity index (χ1) is 7.54. The molecule has 6 nitrogen and oxygen atoms in total. The second kappa shape index (κ2) is 5.62. The second-order valence-electron chi connectivity index (χ2n) is 3.64. The maximum Gasteiger partial charge on any atom is 0.323 e. The fourth-order valence-electron chi connectivity index (χ4n) is 1.44. The van der Waals surface area contributed by atoms with E-state index < -0.39 is 12.0 Å². The van der Waals surface area contributed by atoms with Crippen LogP contribution in [0.2, 0.25) is 0 Å². The van der Waals surface area contributed by atoms with Gasteiger partial charge >= 0.3 is 5.97 Å². The molecule has 0 radical (unpaired) electrons. The molecule has 1 heterocycles. The Balaban J connectivity index is 2.55. The van der Waals surface area contributed by atoms with Crippen LogP contribution in [0.4, 0.5) is 0 Å². The zero-order valence-electron chi connectivity index (χ0n) is 9.73. The lowest BCUT2D eigenvalue weighted by Crippen LogP contribution is -2.39. The van der Waals surface area contributed by atoms with Gasteiger partial charge in [-0.25, -0.2) is 0 Å². The van der Waals surface area contributed by atoms with Gasteiger partial charge in [0.05, 0.1) is 12.3 Å². The van der Waals surface area contributed by atoms with Crippen molar-refractivity contribution >= 4 is 5.97 Å². The van der Waals surface area contributed by atoms with E-state index >= 15 is 0 Å². The molecule has 1 aromatic heterocycles. The van der Waals surface area contributed by atoms with Crippen LogP contribution in [0.25, 0.3) is 0 Å². The molecule has 0 amide bonds. The molecule has 0 saturated carbocycles. The van der Waals surface area contributed by atoms with Gasteiger partial charge in [-0.2, -0.15) is 5.10 Å². The number of nitrogens with zero attached hydrogens (tertiary/aromatic N) is 2. The van der Waals surface area contributed by atoms with E-state index in [1.54, 1.807) is 4.68 Å². The average Bonchev–Trinajstić information content (AvgIpc) is 2.51. The maximum absolute atomic E-state index is 10.8. The highest BCUT2D eigenvalue weighted by Gasteiger charge is 2.16. The number of aliphatic carboxylic acids is 1. The van der Waals surface area contributed by atoms with E-state index in [9.17, 15) is 4.79 Å². The third kappa shape index (κ3) is 3.32. The number of nitrogens with one attached hydrogen (secondary N) is 1. The van der Waals surface area contributed by atoms with E-state index in [-0.39, 0.29) is 6.61 Å². The molecule has 1 unspecified atom stereocenters. The normalized spacial score (nSPS) is 12.7. The zero-order valence-corrected chi connectivity index (χ0v) is 9.73. The molecule has 0 spiro atoms. The Kier molecular flexibility index (Phi) is 4.45. The lowest BCUT2D eigenvalue weighted by atomic mass is 10.2. The van der Waals surface area contributed by atoms with Gasteiger partial charge in [0.15, 0.2) is 0 Å². The summed E-state index contributed by atoms with van der Waals surface area (Å²) < 4.78 is 6.53. The second-order valence-corrected chi connectivity index (χ2v) is 3.64. The molecule has 1 rings (SSSR count). The van der Waals surface area contributed by atoms with Crippen molar-refractivity contribution in [1.29, 1.82) is 0 Å². The number of ether oxygens (including phenoxy) is 1. The molecule has 1 aromatic rings. The van der Waals surface area contributed by atoms with Gasteiger partial charge in [-0.05, 0) is 6.92 Å². The molecule has 0 aromatic carbocycles. The first-order valence-corrected chi connectivity index (χ1v) is 4.99. The Bertz CT molecular complexity index is 362. The summed E-state index contributed by atoms with van der Waals surface area (Å²) in [5, 5.41) is 16.0. The third-order valence-electron chi connectivity index (χ3n) is 2.29. The van der Waals surface area contributed by atoms with E-state index in [2.05, 4.69) is 10.4 Å². The van der Waals surface area contributed by atoms with Crippen LogP contribution in [-0.2, 0) is 23.1 Å². The summed E-state index contributed by atoms with van der Waals surface area (Å²) in [6, 6.07) is -0.690. The van der Waals surface area contributed by atoms with Gasteiger partial charge in [0, 0.05) is 32.5 Å². The van der Waals surface area contributed by atoms with Crippen molar-refractivity contribution in [3.63, 3.8) is 0 Å². The first kappa shape index (κ1) is 12.7. The predicted octanol–water partition coefficient (Wildman–Crippen LogP) is -0.0823. The van der Waals surface area contributed by atoms with Crippen LogP contribution in [0, 0.1) is 6.92 Å². The molecule has 0 aliphatic rings. The summed E-state index contributed by atoms with van der Waals surface area (Å²) in [6.45, 7) is 2.51. The number of hydrogen-bond acceptors (Lipinski definition) is 4. The van der Waals surface area contributed by atoms with Crippen LogP contribution in [0.5, 0.6) is 0 Å². The summed E-state index contributed by atoms with van der Waals surface area (Å²) in [4.78, 5) is 10.8. The molecule has 2 N–H and O–H groups in total. The molecule has 0 aliphatic heterocycles. The van der Waals surface area contributed by atoms with Gasteiger partial charge in [-0.3, -0.25) is 14.8 Å². The minimum absolute atomic E-state index is 0.147. The standard InChI is InChI=1S/C10H17N3O3/c1-7-8(5-13(2)12-7)4-11-9(6-16-3)10(14)15/h5,9,11H,4,6H2,1-3H3,(H,14,15). The van der Waals surface area contributed by atoms with Gasteiger partial charge in [-0.15, -0.1) is 0 Å². The van der Waals surface area contributed by atoms with Crippen molar-refractivity contribution in [3.05, 3.63) is 17.5 Å². The van der Waals surface area contributed by atoms with Crippen LogP contribution >= 0.6 is 0 Å². The number of carboxylic acids is 1. The van der Waals surface area contributed by atoms with Crippen molar-refractivity contribution < 1.29 is 14.6 Å². The predicted molar refractivity (Wildman–Crippen MR) is 58.1 cm³/mol. The number of carbonyl (C=O) groups is 1. The Morgan fingerprint density at radius 1 is 1.75 bits per heavy atom. The Morgan fingerprint density at radius 3 is 2.88 bits per heavy atom. The minimum Gasteiger partial charge on any atom is -0.480 e. The van der Waals surface area contributed by atoms with Crippen LogP contribution in [0.1, 0.15) is 11.3 Å². The maximum atomic E-state index is 10.8. The zero-order chi connectivity index (χ0) is 12.1. The Morgan fingerprint density at radius 2 is 2.44 bits per heavy atom. The monoisotopic (exact) mass is 227 g/mol. The largest absolute Gasteiger partial charge is 0.480 e. The summed E-state index contributed by atoms with van der Waals surface area (Å²) in [5.41, 5.74) is 1.89. The Hall–Kier alpha value is -1.40. The third-order valence-corrected chi connectivity index (χ3v) is 2.29. The summed E-state index contributed by atoms with van der Waals surface area (Å²) in [5.74, 6) is -0.914. The summed E-state index contributed by atoms with van der Waals surface area (Å²) >= 11 is 0. The summed E-state index contributed by atoms with van der Waals surface area (Å²) in [6.07, 6.45) is 1.87. The lowest BCUT2D eigenvalue weighted by Gasteiger charge is -2.12. The van der Waals surface area contributed by atoms with Gasteiger partial charge in [0.2, 0.25) is 0 Å². The van der Waals surface area contributed by atoms with Crippen molar-refractivity contribution in [2.75, 3.05) is 13.7 Å². The summed E-state index contributed by atoms with van der Waals surface area (Å²) in [7, 11) is 3.31. The quantitative estimate of drug-likeness (QED) is 0.710. The first-order valence-electron chi connectivity index (χ1n) is 4.99. The molecule has 90 valence electrons. The van der Waals surface area contributed by atoms with E-state index in [1.807, 2.05) is 20.2 Å². The number of aromatic nitrogens is 2. The van der Waals surface area contributed by atoms with Crippen molar-refractivity contribution in [2.24, 2.45) is 7.05 Å². The molecule has 0 bridgehead atoms. The molecular weight excluding hydrogens is 210 g/mol. The van der Waals surface area contributed by atoms with Gasteiger partial charge in [0.25, 0.3) is 0 Å². The van der Waals surface area contributed by atoms with Gasteiger partial charge in [0.1, 0.15) is 6.04 Å². The molecule has 0 saturated heterocycles. The molecular formula is C10H17N3O3. The van der Waals surface area contributed by atoms with Crippen LogP contribution in [-0.4, -0.2) is 40.6 Å². The fourth-order valence-corrected chi connectivity index (χ4v) is 1.44. The smallest absolute Gasteiger partial charge is 0.323 e. The number of hydrogen-bond donors (Lipinski definition) is 2. The lowest BCUT2D eigenvalue weighted by molar-refractivity contribution is -0.140. The van der Waals surface area contributed by atoms with Crippen LogP contribution < -0.4 is 5.32 Å². The molecule has 6 heteroatoms. The van der Waals surface area contributed by atoms with Gasteiger partial charge in [-0.1, -0.05) is 0 Å². The van der Waals surface area contributed by atoms with Crippen LogP contribution in [0.15, 0.2) is 6.20 Å².